The van der Waals surface area contributed by atoms with Gasteiger partial charge in [0.2, 0.25) is 5.95 Å². The van der Waals surface area contributed by atoms with Gasteiger partial charge in [0.25, 0.3) is 0 Å². The Kier molecular flexibility index (Phi) is 4.46. The van der Waals surface area contributed by atoms with Crippen LogP contribution in [0.4, 0.5) is 17.5 Å². The SMILES string of the molecule is OC1CCC(Nc2cccc3nc(Nc4cccc(Cl)c4)nn23)CC1. The molecule has 0 radical (unpaired) electrons. The second kappa shape index (κ2) is 6.90. The summed E-state index contributed by atoms with van der Waals surface area (Å²) in [5, 5.41) is 21.6. The molecule has 2 heterocycles. The molecule has 1 fully saturated rings. The number of hydrogen-bond donors (Lipinski definition) is 3. The van der Waals surface area contributed by atoms with Crippen LogP contribution in [0.5, 0.6) is 0 Å². The molecule has 0 aliphatic heterocycles. The summed E-state index contributed by atoms with van der Waals surface area (Å²) in [6.45, 7) is 0. The van der Waals surface area contributed by atoms with E-state index in [1.54, 1.807) is 4.52 Å². The van der Waals surface area contributed by atoms with Gasteiger partial charge in [-0.1, -0.05) is 23.7 Å². The van der Waals surface area contributed by atoms with E-state index in [0.29, 0.717) is 17.0 Å². The molecule has 0 saturated heterocycles. The molecule has 1 saturated carbocycles. The number of nitrogens with zero attached hydrogens (tertiary/aromatic N) is 3. The molecule has 0 unspecified atom stereocenters. The lowest BCUT2D eigenvalue weighted by atomic mass is 9.93. The van der Waals surface area contributed by atoms with Gasteiger partial charge in [-0.15, -0.1) is 5.10 Å². The fraction of sp³-hybridized carbons (Fsp3) is 0.333. The minimum atomic E-state index is -0.159. The van der Waals surface area contributed by atoms with Crippen LogP contribution in [0.2, 0.25) is 5.02 Å². The standard InChI is InChI=1S/C18H20ClN5O/c19-12-3-1-4-14(11-12)21-18-22-17-6-2-5-16(24(17)23-18)20-13-7-9-15(25)10-8-13/h1-6,11,13,15,20,25H,7-10H2,(H,21,23). The van der Waals surface area contributed by atoms with Gasteiger partial charge in [0.15, 0.2) is 5.65 Å². The predicted octanol–water partition coefficient (Wildman–Crippen LogP) is 3.84. The summed E-state index contributed by atoms with van der Waals surface area (Å²) < 4.78 is 1.80. The van der Waals surface area contributed by atoms with E-state index in [-0.39, 0.29) is 6.10 Å². The van der Waals surface area contributed by atoms with E-state index < -0.39 is 0 Å². The number of aliphatic hydroxyl groups is 1. The summed E-state index contributed by atoms with van der Waals surface area (Å²) in [4.78, 5) is 4.52. The minimum absolute atomic E-state index is 0.159. The van der Waals surface area contributed by atoms with E-state index in [1.165, 1.54) is 0 Å². The van der Waals surface area contributed by atoms with Gasteiger partial charge in [0.1, 0.15) is 5.82 Å². The van der Waals surface area contributed by atoms with Crippen molar-refractivity contribution in [2.45, 2.75) is 37.8 Å². The van der Waals surface area contributed by atoms with Crippen LogP contribution in [0.25, 0.3) is 5.65 Å². The molecule has 0 atom stereocenters. The molecule has 3 aromatic rings. The number of benzene rings is 1. The van der Waals surface area contributed by atoms with Crippen LogP contribution < -0.4 is 10.6 Å². The van der Waals surface area contributed by atoms with Crippen LogP contribution in [0, 0.1) is 0 Å². The molecule has 0 spiro atoms. The summed E-state index contributed by atoms with van der Waals surface area (Å²) >= 11 is 6.02. The summed E-state index contributed by atoms with van der Waals surface area (Å²) in [6, 6.07) is 13.7. The lowest BCUT2D eigenvalue weighted by Crippen LogP contribution is -2.29. The molecular weight excluding hydrogens is 338 g/mol. The Balaban J connectivity index is 1.56. The first-order valence-corrected chi connectivity index (χ1v) is 8.88. The van der Waals surface area contributed by atoms with Crippen LogP contribution in [0.1, 0.15) is 25.7 Å². The zero-order valence-electron chi connectivity index (χ0n) is 13.7. The van der Waals surface area contributed by atoms with Crippen molar-refractivity contribution in [1.29, 1.82) is 0 Å². The maximum atomic E-state index is 9.65. The molecule has 0 amide bonds. The van der Waals surface area contributed by atoms with E-state index in [9.17, 15) is 5.11 Å². The molecule has 130 valence electrons. The average Bonchev–Trinajstić information content (AvgIpc) is 3.00. The van der Waals surface area contributed by atoms with E-state index in [4.69, 9.17) is 11.6 Å². The molecule has 1 aromatic carbocycles. The van der Waals surface area contributed by atoms with E-state index in [1.807, 2.05) is 42.5 Å². The number of rotatable bonds is 4. The van der Waals surface area contributed by atoms with Gasteiger partial charge in [-0.2, -0.15) is 9.50 Å². The number of fused-ring (bicyclic) bond motifs is 1. The molecule has 7 heteroatoms. The first-order chi connectivity index (χ1) is 12.2. The maximum Gasteiger partial charge on any atom is 0.247 e. The lowest BCUT2D eigenvalue weighted by molar-refractivity contribution is 0.126. The van der Waals surface area contributed by atoms with Crippen molar-refractivity contribution in [3.05, 3.63) is 47.5 Å². The molecule has 0 bridgehead atoms. The van der Waals surface area contributed by atoms with Crippen molar-refractivity contribution in [3.8, 4) is 0 Å². The molecule has 3 N–H and O–H groups in total. The van der Waals surface area contributed by atoms with Crippen LogP contribution >= 0.6 is 11.6 Å². The van der Waals surface area contributed by atoms with Crippen LogP contribution in [0.15, 0.2) is 42.5 Å². The molecular formula is C18H20ClN5O. The Morgan fingerprint density at radius 2 is 1.88 bits per heavy atom. The predicted molar refractivity (Wildman–Crippen MR) is 99.6 cm³/mol. The zero-order valence-corrected chi connectivity index (χ0v) is 14.4. The number of aromatic nitrogens is 3. The second-order valence-electron chi connectivity index (χ2n) is 6.40. The number of hydrogen-bond acceptors (Lipinski definition) is 5. The summed E-state index contributed by atoms with van der Waals surface area (Å²) in [7, 11) is 0. The fourth-order valence-electron chi connectivity index (χ4n) is 3.19. The highest BCUT2D eigenvalue weighted by Crippen LogP contribution is 2.23. The first kappa shape index (κ1) is 16.2. The number of aliphatic hydroxyl groups excluding tert-OH is 1. The van der Waals surface area contributed by atoms with E-state index in [2.05, 4.69) is 20.7 Å². The van der Waals surface area contributed by atoms with Crippen molar-refractivity contribution in [3.63, 3.8) is 0 Å². The summed E-state index contributed by atoms with van der Waals surface area (Å²) in [5.41, 5.74) is 1.62. The quantitative estimate of drug-likeness (QED) is 0.661. The van der Waals surface area contributed by atoms with Gasteiger partial charge in [-0.3, -0.25) is 0 Å². The minimum Gasteiger partial charge on any atom is -0.393 e. The Labute approximate surface area is 150 Å². The van der Waals surface area contributed by atoms with E-state index >= 15 is 0 Å². The molecule has 2 aromatic heterocycles. The third-order valence-corrected chi connectivity index (χ3v) is 4.72. The highest BCUT2D eigenvalue weighted by Gasteiger charge is 2.20. The molecule has 6 nitrogen and oxygen atoms in total. The smallest absolute Gasteiger partial charge is 0.247 e. The Bertz CT molecular complexity index is 873. The van der Waals surface area contributed by atoms with Crippen LogP contribution in [0.3, 0.4) is 0 Å². The summed E-state index contributed by atoms with van der Waals surface area (Å²) in [6.07, 6.45) is 3.44. The van der Waals surface area contributed by atoms with Crippen LogP contribution in [-0.4, -0.2) is 31.9 Å². The van der Waals surface area contributed by atoms with Crippen LogP contribution in [-0.2, 0) is 0 Å². The van der Waals surface area contributed by atoms with Gasteiger partial charge in [-0.05, 0) is 56.0 Å². The second-order valence-corrected chi connectivity index (χ2v) is 6.84. The Morgan fingerprint density at radius 1 is 1.08 bits per heavy atom. The number of anilines is 3. The molecule has 4 rings (SSSR count). The molecule has 25 heavy (non-hydrogen) atoms. The normalized spacial score (nSPS) is 20.6. The Hall–Kier alpha value is -2.31. The number of nitrogens with one attached hydrogen (secondary N) is 2. The zero-order chi connectivity index (χ0) is 17.2. The number of pyridine rings is 1. The van der Waals surface area contributed by atoms with Crippen molar-refractivity contribution in [2.75, 3.05) is 10.6 Å². The van der Waals surface area contributed by atoms with Gasteiger partial charge in [0.05, 0.1) is 6.10 Å². The average molecular weight is 358 g/mol. The van der Waals surface area contributed by atoms with Crippen molar-refractivity contribution in [2.24, 2.45) is 0 Å². The highest BCUT2D eigenvalue weighted by molar-refractivity contribution is 6.30. The van der Waals surface area contributed by atoms with Crippen molar-refractivity contribution in [1.82, 2.24) is 14.6 Å². The third-order valence-electron chi connectivity index (χ3n) is 4.49. The van der Waals surface area contributed by atoms with Gasteiger partial charge in [-0.25, -0.2) is 0 Å². The highest BCUT2D eigenvalue weighted by atomic mass is 35.5. The Morgan fingerprint density at radius 3 is 2.68 bits per heavy atom. The summed E-state index contributed by atoms with van der Waals surface area (Å²) in [5.74, 6) is 1.43. The topological polar surface area (TPSA) is 74.5 Å². The monoisotopic (exact) mass is 357 g/mol. The largest absolute Gasteiger partial charge is 0.393 e. The van der Waals surface area contributed by atoms with Gasteiger partial charge in [0, 0.05) is 16.8 Å². The lowest BCUT2D eigenvalue weighted by Gasteiger charge is -2.26. The third kappa shape index (κ3) is 3.70. The van der Waals surface area contributed by atoms with Crippen molar-refractivity contribution >= 4 is 34.7 Å². The van der Waals surface area contributed by atoms with Gasteiger partial charge < -0.3 is 15.7 Å². The first-order valence-electron chi connectivity index (χ1n) is 8.50. The van der Waals surface area contributed by atoms with Gasteiger partial charge >= 0.3 is 0 Å². The molecule has 1 aliphatic rings. The fourth-order valence-corrected chi connectivity index (χ4v) is 3.38. The molecule has 1 aliphatic carbocycles. The number of halogens is 1. The maximum absolute atomic E-state index is 9.65. The van der Waals surface area contributed by atoms with Crippen molar-refractivity contribution < 1.29 is 5.11 Å². The van der Waals surface area contributed by atoms with E-state index in [0.717, 1.165) is 42.8 Å².